The van der Waals surface area contributed by atoms with Crippen molar-refractivity contribution in [3.8, 4) is 0 Å². The first-order valence-corrected chi connectivity index (χ1v) is 7.96. The molecule has 0 atom stereocenters. The van der Waals surface area contributed by atoms with Gasteiger partial charge in [0, 0.05) is 16.8 Å². The summed E-state index contributed by atoms with van der Waals surface area (Å²) in [5.74, 6) is -2.15. The minimum atomic E-state index is -0.609. The molecule has 0 spiro atoms. The van der Waals surface area contributed by atoms with Crippen molar-refractivity contribution in [1.29, 1.82) is 0 Å². The second-order valence-electron chi connectivity index (χ2n) is 5.69. The van der Waals surface area contributed by atoms with E-state index in [1.165, 1.54) is 24.3 Å². The number of amides is 2. The molecule has 3 aromatic rings. The molecular formula is C20H15F2N3O2. The SMILES string of the molecule is Nc1ccc(N(NC(=O)c2ccc(F)cc2)C(=O)c2ccc(F)cc2)cc1. The summed E-state index contributed by atoms with van der Waals surface area (Å²) in [5.41, 5.74) is 9.34. The molecule has 3 aromatic carbocycles. The van der Waals surface area contributed by atoms with Gasteiger partial charge in [-0.15, -0.1) is 0 Å². The summed E-state index contributed by atoms with van der Waals surface area (Å²) >= 11 is 0. The van der Waals surface area contributed by atoms with Crippen molar-refractivity contribution in [2.45, 2.75) is 0 Å². The molecule has 0 unspecified atom stereocenters. The Bertz CT molecular complexity index is 956. The number of hydrogen-bond acceptors (Lipinski definition) is 3. The molecule has 0 aromatic heterocycles. The molecule has 0 aliphatic rings. The van der Waals surface area contributed by atoms with E-state index >= 15 is 0 Å². The number of nitrogen functional groups attached to an aromatic ring is 1. The van der Waals surface area contributed by atoms with Crippen molar-refractivity contribution in [1.82, 2.24) is 5.43 Å². The van der Waals surface area contributed by atoms with Gasteiger partial charge in [-0.25, -0.2) is 13.8 Å². The molecule has 5 nitrogen and oxygen atoms in total. The minimum Gasteiger partial charge on any atom is -0.399 e. The topological polar surface area (TPSA) is 75.4 Å². The largest absolute Gasteiger partial charge is 0.399 e. The second kappa shape index (κ2) is 7.65. The second-order valence-corrected chi connectivity index (χ2v) is 5.69. The third-order valence-electron chi connectivity index (χ3n) is 3.77. The fourth-order valence-electron chi connectivity index (χ4n) is 2.34. The third kappa shape index (κ3) is 4.27. The first kappa shape index (κ1) is 18.1. The lowest BCUT2D eigenvalue weighted by Gasteiger charge is -2.23. The van der Waals surface area contributed by atoms with E-state index in [1.54, 1.807) is 24.3 Å². The maximum atomic E-state index is 13.1. The Hall–Kier alpha value is -3.74. The van der Waals surface area contributed by atoms with Crippen LogP contribution < -0.4 is 16.2 Å². The summed E-state index contributed by atoms with van der Waals surface area (Å²) < 4.78 is 26.2. The maximum absolute atomic E-state index is 13.1. The highest BCUT2D eigenvalue weighted by Gasteiger charge is 2.21. The van der Waals surface area contributed by atoms with Crippen LogP contribution in [0, 0.1) is 11.6 Å². The summed E-state index contributed by atoms with van der Waals surface area (Å²) in [6.07, 6.45) is 0. The van der Waals surface area contributed by atoms with E-state index in [9.17, 15) is 18.4 Å². The summed E-state index contributed by atoms with van der Waals surface area (Å²) in [4.78, 5) is 25.3. The van der Waals surface area contributed by atoms with Crippen LogP contribution in [0.4, 0.5) is 20.2 Å². The van der Waals surface area contributed by atoms with Gasteiger partial charge in [-0.1, -0.05) is 0 Å². The Morgan fingerprint density at radius 3 is 1.74 bits per heavy atom. The van der Waals surface area contributed by atoms with Gasteiger partial charge in [-0.05, 0) is 72.8 Å². The number of anilines is 2. The van der Waals surface area contributed by atoms with Crippen molar-refractivity contribution in [2.24, 2.45) is 0 Å². The van der Waals surface area contributed by atoms with Crippen molar-refractivity contribution >= 4 is 23.2 Å². The van der Waals surface area contributed by atoms with Crippen molar-refractivity contribution in [3.05, 3.63) is 95.6 Å². The van der Waals surface area contributed by atoms with E-state index in [2.05, 4.69) is 5.43 Å². The highest BCUT2D eigenvalue weighted by molar-refractivity contribution is 6.09. The predicted molar refractivity (Wildman–Crippen MR) is 97.9 cm³/mol. The predicted octanol–water partition coefficient (Wildman–Crippen LogP) is 3.54. The molecule has 27 heavy (non-hydrogen) atoms. The Morgan fingerprint density at radius 1 is 0.741 bits per heavy atom. The highest BCUT2D eigenvalue weighted by Crippen LogP contribution is 2.18. The molecule has 0 radical (unpaired) electrons. The molecule has 3 N–H and O–H groups in total. The molecule has 0 saturated carbocycles. The zero-order valence-electron chi connectivity index (χ0n) is 14.0. The van der Waals surface area contributed by atoms with Crippen LogP contribution in [0.15, 0.2) is 72.8 Å². The van der Waals surface area contributed by atoms with E-state index in [4.69, 9.17) is 5.73 Å². The Kier molecular flexibility index (Phi) is 5.12. The Morgan fingerprint density at radius 2 is 1.22 bits per heavy atom. The molecule has 3 rings (SSSR count). The molecule has 0 saturated heterocycles. The number of nitrogens with zero attached hydrogens (tertiary/aromatic N) is 1. The Balaban J connectivity index is 1.93. The number of halogens is 2. The zero-order valence-corrected chi connectivity index (χ0v) is 14.0. The van der Waals surface area contributed by atoms with Crippen molar-refractivity contribution in [2.75, 3.05) is 10.7 Å². The minimum absolute atomic E-state index is 0.170. The van der Waals surface area contributed by atoms with Crippen LogP contribution in [-0.2, 0) is 0 Å². The molecule has 136 valence electrons. The number of nitrogens with one attached hydrogen (secondary N) is 1. The third-order valence-corrected chi connectivity index (χ3v) is 3.77. The van der Waals surface area contributed by atoms with E-state index in [-0.39, 0.29) is 11.1 Å². The number of carbonyl (C=O) groups is 2. The van der Waals surface area contributed by atoms with E-state index in [1.807, 2.05) is 0 Å². The molecule has 2 amide bonds. The monoisotopic (exact) mass is 367 g/mol. The summed E-state index contributed by atoms with van der Waals surface area (Å²) in [6, 6.07) is 16.1. The summed E-state index contributed by atoms with van der Waals surface area (Å²) in [6.45, 7) is 0. The number of nitrogens with two attached hydrogens (primary N) is 1. The summed E-state index contributed by atoms with van der Waals surface area (Å²) in [7, 11) is 0. The van der Waals surface area contributed by atoms with Crippen LogP contribution in [-0.4, -0.2) is 11.8 Å². The zero-order chi connectivity index (χ0) is 19.4. The first-order valence-electron chi connectivity index (χ1n) is 7.96. The number of hydrogen-bond donors (Lipinski definition) is 2. The Labute approximate surface area is 154 Å². The molecule has 0 heterocycles. The maximum Gasteiger partial charge on any atom is 0.277 e. The smallest absolute Gasteiger partial charge is 0.277 e. The van der Waals surface area contributed by atoms with Gasteiger partial charge in [0.25, 0.3) is 11.8 Å². The molecular weight excluding hydrogens is 352 g/mol. The molecule has 7 heteroatoms. The lowest BCUT2D eigenvalue weighted by molar-refractivity contribution is 0.0887. The van der Waals surface area contributed by atoms with Gasteiger partial charge in [0.15, 0.2) is 0 Å². The van der Waals surface area contributed by atoms with E-state index in [0.29, 0.717) is 11.4 Å². The van der Waals surface area contributed by atoms with Gasteiger partial charge in [-0.2, -0.15) is 0 Å². The van der Waals surface area contributed by atoms with Gasteiger partial charge in [0.1, 0.15) is 11.6 Å². The van der Waals surface area contributed by atoms with Crippen LogP contribution >= 0.6 is 0 Å². The average Bonchev–Trinajstić information content (AvgIpc) is 2.67. The normalized spacial score (nSPS) is 10.3. The number of benzene rings is 3. The van der Waals surface area contributed by atoms with Crippen LogP contribution in [0.3, 0.4) is 0 Å². The van der Waals surface area contributed by atoms with Crippen LogP contribution in [0.1, 0.15) is 20.7 Å². The lowest BCUT2D eigenvalue weighted by Crippen LogP contribution is -2.46. The number of rotatable bonds is 3. The highest BCUT2D eigenvalue weighted by atomic mass is 19.1. The van der Waals surface area contributed by atoms with Gasteiger partial charge in [0.05, 0.1) is 5.69 Å². The van der Waals surface area contributed by atoms with Gasteiger partial charge < -0.3 is 5.73 Å². The van der Waals surface area contributed by atoms with Crippen LogP contribution in [0.5, 0.6) is 0 Å². The molecule has 0 aliphatic carbocycles. The van der Waals surface area contributed by atoms with Crippen LogP contribution in [0.25, 0.3) is 0 Å². The quantitative estimate of drug-likeness (QED) is 0.549. The van der Waals surface area contributed by atoms with Crippen molar-refractivity contribution < 1.29 is 18.4 Å². The van der Waals surface area contributed by atoms with Gasteiger partial charge >= 0.3 is 0 Å². The van der Waals surface area contributed by atoms with Gasteiger partial charge in [-0.3, -0.25) is 15.0 Å². The molecule has 0 fully saturated rings. The fraction of sp³-hybridized carbons (Fsp3) is 0. The fourth-order valence-corrected chi connectivity index (χ4v) is 2.34. The van der Waals surface area contributed by atoms with Crippen molar-refractivity contribution in [3.63, 3.8) is 0 Å². The summed E-state index contributed by atoms with van der Waals surface area (Å²) in [5, 5.41) is 1.03. The first-order chi connectivity index (χ1) is 12.9. The molecule has 0 aliphatic heterocycles. The average molecular weight is 367 g/mol. The van der Waals surface area contributed by atoms with Gasteiger partial charge in [0.2, 0.25) is 0 Å². The van der Waals surface area contributed by atoms with Crippen LogP contribution in [0.2, 0.25) is 0 Å². The van der Waals surface area contributed by atoms with E-state index in [0.717, 1.165) is 29.3 Å². The number of hydrazine groups is 1. The van der Waals surface area contributed by atoms with E-state index < -0.39 is 23.4 Å². The standard InChI is InChI=1S/C20H15F2N3O2/c21-15-5-1-13(2-6-15)19(26)24-25(18-11-9-17(23)10-12-18)20(27)14-3-7-16(22)8-4-14/h1-12H,23H2,(H,24,26). The molecule has 0 bridgehead atoms. The number of carbonyl (C=O) groups excluding carboxylic acids is 2. The lowest BCUT2D eigenvalue weighted by atomic mass is 10.2.